The summed E-state index contributed by atoms with van der Waals surface area (Å²) in [6.45, 7) is 2.93. The van der Waals surface area contributed by atoms with Crippen LogP contribution in [0.1, 0.15) is 31.1 Å². The minimum atomic E-state index is -1.32. The molecular formula is C20H23Cl2FN2O2. The topological polar surface area (TPSA) is 75.3 Å². The first kappa shape index (κ1) is 21.6. The van der Waals surface area contributed by atoms with Gasteiger partial charge in [-0.1, -0.05) is 71.7 Å². The third kappa shape index (κ3) is 5.66. The van der Waals surface area contributed by atoms with E-state index in [-0.39, 0.29) is 0 Å². The summed E-state index contributed by atoms with van der Waals surface area (Å²) in [6, 6.07) is 13.8. The Morgan fingerprint density at radius 3 is 2.00 bits per heavy atom. The molecule has 4 N–H and O–H groups in total. The van der Waals surface area contributed by atoms with E-state index in [1.54, 1.807) is 12.1 Å². The highest BCUT2D eigenvalue weighted by Crippen LogP contribution is 2.26. The van der Waals surface area contributed by atoms with Crippen molar-refractivity contribution in [2.75, 3.05) is 6.67 Å². The van der Waals surface area contributed by atoms with Crippen LogP contribution in [-0.2, 0) is 10.3 Å². The quantitative estimate of drug-likeness (QED) is 0.604. The van der Waals surface area contributed by atoms with E-state index in [0.29, 0.717) is 5.56 Å². The van der Waals surface area contributed by atoms with Gasteiger partial charge in [0.15, 0.2) is 4.84 Å². The number of halogens is 3. The highest BCUT2D eigenvalue weighted by Gasteiger charge is 2.25. The minimum Gasteiger partial charge on any atom is -0.386 e. The molecule has 2 rings (SSSR count). The number of hydrogen-bond acceptors (Lipinski definition) is 3. The lowest BCUT2D eigenvalue weighted by Crippen LogP contribution is -2.43. The first-order valence-corrected chi connectivity index (χ1v) is 9.33. The van der Waals surface area contributed by atoms with Crippen LogP contribution in [0.4, 0.5) is 4.39 Å². The van der Waals surface area contributed by atoms with Gasteiger partial charge in [-0.3, -0.25) is 4.79 Å². The van der Waals surface area contributed by atoms with E-state index < -0.39 is 35.1 Å². The Bertz CT molecular complexity index is 759. The number of hydrogen-bond donors (Lipinski definition) is 3. The number of amides is 1. The van der Waals surface area contributed by atoms with Crippen molar-refractivity contribution in [2.24, 2.45) is 5.73 Å². The third-order valence-electron chi connectivity index (χ3n) is 4.29. The predicted octanol–water partition coefficient (Wildman–Crippen LogP) is 3.84. The fraction of sp³-hybridized carbons (Fsp3) is 0.350. The summed E-state index contributed by atoms with van der Waals surface area (Å²) in [5.74, 6) is -0.750. The summed E-state index contributed by atoms with van der Waals surface area (Å²) >= 11 is 10.9. The van der Waals surface area contributed by atoms with Crippen LogP contribution in [0.25, 0.3) is 11.1 Å². The van der Waals surface area contributed by atoms with Gasteiger partial charge in [0.25, 0.3) is 5.91 Å². The van der Waals surface area contributed by atoms with Gasteiger partial charge in [0.05, 0.1) is 6.04 Å². The number of nitrogens with one attached hydrogen (secondary N) is 1. The average Bonchev–Trinajstić information content (AvgIpc) is 2.64. The number of alkyl halides is 3. The monoisotopic (exact) mass is 412 g/mol. The molecule has 2 aromatic carbocycles. The highest BCUT2D eigenvalue weighted by molar-refractivity contribution is 6.53. The lowest BCUT2D eigenvalue weighted by atomic mass is 9.93. The molecule has 2 atom stereocenters. The number of carbonyl (C=O) groups excluding carboxylic acids is 1. The summed E-state index contributed by atoms with van der Waals surface area (Å²) in [6.07, 6.45) is -1.22. The number of aliphatic hydroxyl groups is 1. The molecule has 0 aromatic heterocycles. The number of rotatable bonds is 7. The Morgan fingerprint density at radius 1 is 1.11 bits per heavy atom. The van der Waals surface area contributed by atoms with E-state index in [0.717, 1.165) is 16.7 Å². The maximum absolute atomic E-state index is 13.2. The largest absolute Gasteiger partial charge is 0.386 e. The summed E-state index contributed by atoms with van der Waals surface area (Å²) < 4.78 is 13.2. The Hall–Kier alpha value is -1.66. The molecule has 0 aliphatic heterocycles. The Balaban J connectivity index is 2.15. The second kappa shape index (κ2) is 9.02. The molecule has 0 unspecified atom stereocenters. The van der Waals surface area contributed by atoms with Gasteiger partial charge >= 0.3 is 0 Å². The molecule has 0 fully saturated rings. The van der Waals surface area contributed by atoms with Crippen LogP contribution in [0.15, 0.2) is 48.5 Å². The number of aliphatic hydroxyl groups excluding tert-OH is 1. The third-order valence-corrected chi connectivity index (χ3v) is 4.68. The van der Waals surface area contributed by atoms with Crippen molar-refractivity contribution in [1.82, 2.24) is 5.32 Å². The maximum Gasteiger partial charge on any atom is 0.253 e. The second-order valence-corrected chi connectivity index (χ2v) is 8.03. The van der Waals surface area contributed by atoms with Crippen LogP contribution in [0.2, 0.25) is 0 Å². The van der Waals surface area contributed by atoms with Crippen molar-refractivity contribution in [2.45, 2.75) is 36.4 Å². The molecule has 0 bridgehead atoms. The fourth-order valence-electron chi connectivity index (χ4n) is 2.64. The standard InChI is InChI=1S/C20H23Cl2FN2O2/c1-20(2,24)15-9-7-13(8-10-15)12-3-5-14(6-4-12)17(26)16(11-23)25-19(27)18(21)22/h3-10,16-18,26H,11,24H2,1-2H3,(H,25,27)/t16-,17+/m1/s1. The van der Waals surface area contributed by atoms with Gasteiger partial charge in [-0.05, 0) is 36.1 Å². The Labute approximate surface area is 168 Å². The van der Waals surface area contributed by atoms with Gasteiger partial charge in [0.1, 0.15) is 12.8 Å². The predicted molar refractivity (Wildman–Crippen MR) is 107 cm³/mol. The zero-order chi connectivity index (χ0) is 20.2. The van der Waals surface area contributed by atoms with Gasteiger partial charge in [-0.15, -0.1) is 0 Å². The van der Waals surface area contributed by atoms with Crippen molar-refractivity contribution in [3.63, 3.8) is 0 Å². The molecule has 0 aliphatic carbocycles. The van der Waals surface area contributed by atoms with Crippen LogP contribution in [-0.4, -0.2) is 28.6 Å². The normalized spacial score (nSPS) is 14.1. The Morgan fingerprint density at radius 2 is 1.59 bits per heavy atom. The molecule has 4 nitrogen and oxygen atoms in total. The van der Waals surface area contributed by atoms with Crippen molar-refractivity contribution in [1.29, 1.82) is 0 Å². The van der Waals surface area contributed by atoms with E-state index in [4.69, 9.17) is 28.9 Å². The molecule has 0 saturated carbocycles. The molecule has 7 heteroatoms. The van der Waals surface area contributed by atoms with Crippen molar-refractivity contribution >= 4 is 29.1 Å². The van der Waals surface area contributed by atoms with Crippen LogP contribution in [0, 0.1) is 0 Å². The summed E-state index contributed by atoms with van der Waals surface area (Å²) in [4.78, 5) is 10.2. The Kier molecular flexibility index (Phi) is 7.23. The molecule has 0 radical (unpaired) electrons. The molecule has 27 heavy (non-hydrogen) atoms. The first-order valence-electron chi connectivity index (χ1n) is 8.46. The molecule has 0 saturated heterocycles. The number of nitrogens with two attached hydrogens (primary N) is 1. The van der Waals surface area contributed by atoms with Crippen molar-refractivity contribution in [3.05, 3.63) is 59.7 Å². The van der Waals surface area contributed by atoms with E-state index in [9.17, 15) is 14.3 Å². The average molecular weight is 413 g/mol. The lowest BCUT2D eigenvalue weighted by molar-refractivity contribution is -0.121. The van der Waals surface area contributed by atoms with Crippen LogP contribution in [0.5, 0.6) is 0 Å². The van der Waals surface area contributed by atoms with E-state index in [1.807, 2.05) is 50.2 Å². The molecule has 1 amide bonds. The minimum absolute atomic E-state index is 0.413. The molecule has 0 aliphatic rings. The van der Waals surface area contributed by atoms with Crippen molar-refractivity contribution < 1.29 is 14.3 Å². The van der Waals surface area contributed by atoms with Gasteiger partial charge in [0.2, 0.25) is 0 Å². The van der Waals surface area contributed by atoms with Gasteiger partial charge < -0.3 is 16.2 Å². The van der Waals surface area contributed by atoms with Gasteiger partial charge in [-0.2, -0.15) is 0 Å². The zero-order valence-corrected chi connectivity index (χ0v) is 16.6. The molecule has 2 aromatic rings. The zero-order valence-electron chi connectivity index (χ0n) is 15.1. The number of carbonyl (C=O) groups is 1. The van der Waals surface area contributed by atoms with Crippen LogP contribution >= 0.6 is 23.2 Å². The van der Waals surface area contributed by atoms with E-state index in [2.05, 4.69) is 5.32 Å². The van der Waals surface area contributed by atoms with Crippen LogP contribution in [0.3, 0.4) is 0 Å². The highest BCUT2D eigenvalue weighted by atomic mass is 35.5. The van der Waals surface area contributed by atoms with Gasteiger partial charge in [-0.25, -0.2) is 4.39 Å². The SMILES string of the molecule is CC(C)(N)c1ccc(-c2ccc([C@H](O)[C@@H](CF)NC(=O)C(Cl)Cl)cc2)cc1. The molecule has 0 spiro atoms. The smallest absolute Gasteiger partial charge is 0.253 e. The lowest BCUT2D eigenvalue weighted by Gasteiger charge is -2.22. The van der Waals surface area contributed by atoms with Crippen molar-refractivity contribution in [3.8, 4) is 11.1 Å². The van der Waals surface area contributed by atoms with Crippen LogP contribution < -0.4 is 11.1 Å². The molecular weight excluding hydrogens is 390 g/mol. The van der Waals surface area contributed by atoms with E-state index in [1.165, 1.54) is 0 Å². The van der Waals surface area contributed by atoms with Gasteiger partial charge in [0, 0.05) is 5.54 Å². The molecule has 146 valence electrons. The summed E-state index contributed by atoms with van der Waals surface area (Å²) in [5.41, 5.74) is 9.11. The fourth-order valence-corrected chi connectivity index (χ4v) is 2.77. The number of benzene rings is 2. The van der Waals surface area contributed by atoms with E-state index >= 15 is 0 Å². The molecule has 0 heterocycles. The first-order chi connectivity index (χ1) is 12.6. The maximum atomic E-state index is 13.2. The second-order valence-electron chi connectivity index (χ2n) is 6.94. The summed E-state index contributed by atoms with van der Waals surface area (Å²) in [7, 11) is 0. The summed E-state index contributed by atoms with van der Waals surface area (Å²) in [5, 5.41) is 12.6.